The van der Waals surface area contributed by atoms with Gasteiger partial charge in [0, 0.05) is 40.1 Å². The maximum Gasteiger partial charge on any atom is 0.246 e. The zero-order valence-corrected chi connectivity index (χ0v) is 14.2. The molecule has 0 saturated heterocycles. The van der Waals surface area contributed by atoms with Gasteiger partial charge in [0.1, 0.15) is 11.4 Å². The van der Waals surface area contributed by atoms with Crippen molar-refractivity contribution in [1.82, 2.24) is 9.97 Å². The van der Waals surface area contributed by atoms with Crippen molar-refractivity contribution in [2.45, 2.75) is 5.75 Å². The van der Waals surface area contributed by atoms with Crippen LogP contribution in [0.5, 0.6) is 0 Å². The number of benzene rings is 1. The van der Waals surface area contributed by atoms with E-state index in [1.54, 1.807) is 18.3 Å². The van der Waals surface area contributed by atoms with E-state index in [0.717, 1.165) is 16.8 Å². The maximum absolute atomic E-state index is 10.7. The van der Waals surface area contributed by atoms with Gasteiger partial charge >= 0.3 is 0 Å². The Morgan fingerprint density at radius 1 is 1.18 bits per heavy atom. The molecular weight excluding hydrogens is 415 g/mol. The van der Waals surface area contributed by atoms with Crippen LogP contribution < -0.4 is 0 Å². The Hall–Kier alpha value is -1.58. The normalized spacial score (nSPS) is 12.3. The Labute approximate surface area is 143 Å². The Balaban J connectivity index is 1.92. The highest BCUT2D eigenvalue weighted by Gasteiger charge is 2.14. The van der Waals surface area contributed by atoms with Crippen molar-refractivity contribution < 1.29 is 13.2 Å². The highest BCUT2D eigenvalue weighted by molar-refractivity contribution is 14.1. The summed E-state index contributed by atoms with van der Waals surface area (Å²) >= 11 is -0.00222. The average molecular weight is 425 g/mol. The fourth-order valence-electron chi connectivity index (χ4n) is 1.97. The smallest absolute Gasteiger partial charge is 0.246 e. The lowest BCUT2D eigenvalue weighted by Crippen LogP contribution is -1.93. The van der Waals surface area contributed by atoms with E-state index in [1.807, 2.05) is 30.3 Å². The van der Waals surface area contributed by atoms with Gasteiger partial charge in [0.05, 0.1) is 0 Å². The summed E-state index contributed by atoms with van der Waals surface area (Å²) in [5.41, 5.74) is 3.00. The molecule has 5 nitrogen and oxygen atoms in total. The number of nitrogens with zero attached hydrogens (tertiary/aromatic N) is 2. The zero-order chi connectivity index (χ0) is 15.5. The van der Waals surface area contributed by atoms with E-state index in [9.17, 15) is 8.76 Å². The first-order valence-electron chi connectivity index (χ1n) is 6.36. The number of oxazole rings is 1. The Bertz CT molecular complexity index is 803. The second-order valence-electron chi connectivity index (χ2n) is 4.50. The Morgan fingerprint density at radius 3 is 2.59 bits per heavy atom. The molecule has 0 aliphatic carbocycles. The Morgan fingerprint density at radius 2 is 1.95 bits per heavy atom. The molecule has 0 spiro atoms. The van der Waals surface area contributed by atoms with Crippen molar-refractivity contribution in [3.05, 3.63) is 58.0 Å². The molecule has 2 aromatic heterocycles. The molecule has 0 saturated carbocycles. The molecule has 112 valence electrons. The van der Waals surface area contributed by atoms with Crippen molar-refractivity contribution >= 4 is 33.7 Å². The van der Waals surface area contributed by atoms with Gasteiger partial charge < -0.3 is 8.97 Å². The number of rotatable bonds is 4. The summed E-state index contributed by atoms with van der Waals surface area (Å²) in [5, 5.41) is 0. The molecule has 0 N–H and O–H groups in total. The van der Waals surface area contributed by atoms with Gasteiger partial charge in [-0.25, -0.2) is 4.98 Å². The van der Waals surface area contributed by atoms with E-state index >= 15 is 0 Å². The van der Waals surface area contributed by atoms with Gasteiger partial charge in [0.2, 0.25) is 5.89 Å². The van der Waals surface area contributed by atoms with Crippen LogP contribution in [0.1, 0.15) is 5.56 Å². The van der Waals surface area contributed by atoms with Gasteiger partial charge in [-0.15, -0.1) is 0 Å². The van der Waals surface area contributed by atoms with Crippen LogP contribution in [-0.4, -0.2) is 18.7 Å². The zero-order valence-electron chi connectivity index (χ0n) is 11.2. The maximum atomic E-state index is 10.7. The van der Waals surface area contributed by atoms with Crippen LogP contribution in [0.2, 0.25) is 0 Å². The van der Waals surface area contributed by atoms with E-state index < -0.39 is 11.1 Å². The minimum Gasteiger partial charge on any atom is -0.772 e. The van der Waals surface area contributed by atoms with E-state index in [2.05, 4.69) is 32.6 Å². The van der Waals surface area contributed by atoms with Gasteiger partial charge in [0.15, 0.2) is 3.77 Å². The second-order valence-corrected chi connectivity index (χ2v) is 6.38. The molecular formula is C15H10IN2O3S-. The van der Waals surface area contributed by atoms with Crippen molar-refractivity contribution in [3.63, 3.8) is 0 Å². The van der Waals surface area contributed by atoms with Crippen LogP contribution in [0.4, 0.5) is 0 Å². The molecule has 1 atom stereocenters. The molecule has 0 bridgehead atoms. The standard InChI is InChI=1S/C15H11IN2O3S/c16-14-13(11-6-4-10(5-7-11)9-22(19)20)18-15(21-14)12-3-1-2-8-17-12/h1-8H,9H2,(H,19,20)/p-1. The third-order valence-corrected chi connectivity index (χ3v) is 4.28. The first kappa shape index (κ1) is 15.3. The fourth-order valence-corrected chi connectivity index (χ4v) is 3.08. The third kappa shape index (κ3) is 3.42. The van der Waals surface area contributed by atoms with Gasteiger partial charge in [-0.1, -0.05) is 41.4 Å². The minimum absolute atomic E-state index is 0.00930. The molecule has 0 amide bonds. The molecule has 1 unspecified atom stereocenters. The van der Waals surface area contributed by atoms with Crippen LogP contribution in [0, 0.1) is 3.77 Å². The van der Waals surface area contributed by atoms with Gasteiger partial charge in [-0.2, -0.15) is 0 Å². The van der Waals surface area contributed by atoms with Gasteiger partial charge in [-0.05, 0) is 17.7 Å². The topological polar surface area (TPSA) is 79.0 Å². The molecule has 7 heteroatoms. The monoisotopic (exact) mass is 425 g/mol. The molecule has 0 aliphatic heterocycles. The quantitative estimate of drug-likeness (QED) is 0.473. The highest BCUT2D eigenvalue weighted by Crippen LogP contribution is 2.29. The molecule has 2 heterocycles. The SMILES string of the molecule is O=S([O-])Cc1ccc(-c2nc(-c3ccccn3)oc2I)cc1. The van der Waals surface area contributed by atoms with Crippen LogP contribution in [0.3, 0.4) is 0 Å². The van der Waals surface area contributed by atoms with Crippen LogP contribution in [0.25, 0.3) is 22.8 Å². The summed E-state index contributed by atoms with van der Waals surface area (Å²) in [6, 6.07) is 12.8. The largest absolute Gasteiger partial charge is 0.772 e. The van der Waals surface area contributed by atoms with Crippen LogP contribution in [0.15, 0.2) is 53.1 Å². The predicted molar refractivity (Wildman–Crippen MR) is 90.5 cm³/mol. The average Bonchev–Trinajstić information content (AvgIpc) is 2.90. The van der Waals surface area contributed by atoms with Gasteiger partial charge in [0.25, 0.3) is 0 Å². The molecule has 0 fully saturated rings. The van der Waals surface area contributed by atoms with E-state index in [0.29, 0.717) is 15.4 Å². The molecule has 0 radical (unpaired) electrons. The number of hydrogen-bond acceptors (Lipinski definition) is 5. The van der Waals surface area contributed by atoms with Crippen molar-refractivity contribution in [2.75, 3.05) is 0 Å². The summed E-state index contributed by atoms with van der Waals surface area (Å²) in [4.78, 5) is 8.70. The molecule has 3 rings (SSSR count). The van der Waals surface area contributed by atoms with E-state index in [4.69, 9.17) is 4.42 Å². The summed E-state index contributed by atoms with van der Waals surface area (Å²) in [5.74, 6) is 0.472. The number of aromatic nitrogens is 2. The van der Waals surface area contributed by atoms with Crippen molar-refractivity contribution in [2.24, 2.45) is 0 Å². The summed E-state index contributed by atoms with van der Waals surface area (Å²) in [6.07, 6.45) is 1.68. The summed E-state index contributed by atoms with van der Waals surface area (Å²) in [6.45, 7) is 0. The third-order valence-electron chi connectivity index (χ3n) is 2.98. The minimum atomic E-state index is -2.09. The van der Waals surface area contributed by atoms with Crippen molar-refractivity contribution in [1.29, 1.82) is 0 Å². The number of halogens is 1. The lowest BCUT2D eigenvalue weighted by atomic mass is 10.1. The van der Waals surface area contributed by atoms with Gasteiger partial charge in [-0.3, -0.25) is 9.19 Å². The van der Waals surface area contributed by atoms with Crippen LogP contribution >= 0.6 is 22.6 Å². The number of hydrogen-bond donors (Lipinski definition) is 0. The first-order valence-corrected chi connectivity index (χ1v) is 8.68. The predicted octanol–water partition coefficient (Wildman–Crippen LogP) is 3.39. The molecule has 0 aliphatic rings. The summed E-state index contributed by atoms with van der Waals surface area (Å²) in [7, 11) is 0. The van der Waals surface area contributed by atoms with Crippen LogP contribution in [-0.2, 0) is 16.8 Å². The first-order chi connectivity index (χ1) is 10.6. The summed E-state index contributed by atoms with van der Waals surface area (Å²) < 4.78 is 27.7. The Kier molecular flexibility index (Phi) is 4.65. The van der Waals surface area contributed by atoms with E-state index in [-0.39, 0.29) is 5.75 Å². The molecule has 3 aromatic rings. The molecule has 1 aromatic carbocycles. The lowest BCUT2D eigenvalue weighted by molar-refractivity contribution is 0.536. The van der Waals surface area contributed by atoms with E-state index in [1.165, 1.54) is 0 Å². The highest BCUT2D eigenvalue weighted by atomic mass is 127. The number of pyridine rings is 1. The fraction of sp³-hybridized carbons (Fsp3) is 0.0667. The lowest BCUT2D eigenvalue weighted by Gasteiger charge is -2.05. The molecule has 22 heavy (non-hydrogen) atoms. The van der Waals surface area contributed by atoms with Crippen molar-refractivity contribution in [3.8, 4) is 22.8 Å². The second kappa shape index (κ2) is 6.67.